The van der Waals surface area contributed by atoms with E-state index in [1.165, 1.54) is 5.56 Å². The second-order valence-corrected chi connectivity index (χ2v) is 5.54. The number of aliphatic carboxylic acids is 1. The molecule has 4 nitrogen and oxygen atoms in total. The second-order valence-electron chi connectivity index (χ2n) is 5.54. The molecule has 0 aliphatic heterocycles. The van der Waals surface area contributed by atoms with Crippen LogP contribution in [0.3, 0.4) is 0 Å². The molecule has 1 aromatic heterocycles. The Bertz CT molecular complexity index is 805. The van der Waals surface area contributed by atoms with Crippen molar-refractivity contribution in [2.24, 2.45) is 0 Å². The van der Waals surface area contributed by atoms with Crippen molar-refractivity contribution in [1.82, 2.24) is 9.78 Å². The van der Waals surface area contributed by atoms with Crippen molar-refractivity contribution in [3.63, 3.8) is 0 Å². The van der Waals surface area contributed by atoms with Crippen LogP contribution in [0.1, 0.15) is 17.5 Å². The number of hydrogen-bond acceptors (Lipinski definition) is 2. The molecule has 0 fully saturated rings. The first kappa shape index (κ1) is 15.0. The number of benzene rings is 2. The molecule has 0 saturated heterocycles. The Morgan fingerprint density at radius 2 is 1.78 bits per heavy atom. The van der Waals surface area contributed by atoms with Gasteiger partial charge in [0, 0.05) is 18.2 Å². The Kier molecular flexibility index (Phi) is 4.24. The number of hydrogen-bond donors (Lipinski definition) is 1. The van der Waals surface area contributed by atoms with E-state index < -0.39 is 5.97 Å². The molecule has 0 spiro atoms. The quantitative estimate of drug-likeness (QED) is 0.778. The van der Waals surface area contributed by atoms with Crippen molar-refractivity contribution < 1.29 is 9.90 Å². The van der Waals surface area contributed by atoms with E-state index >= 15 is 0 Å². The molecule has 0 amide bonds. The molecule has 0 bridgehead atoms. The minimum atomic E-state index is -0.799. The number of carboxylic acid groups (broad SMARTS) is 1. The summed E-state index contributed by atoms with van der Waals surface area (Å²) < 4.78 is 1.82. The molecule has 0 aliphatic carbocycles. The van der Waals surface area contributed by atoms with Crippen molar-refractivity contribution in [3.05, 3.63) is 71.9 Å². The Morgan fingerprint density at radius 3 is 2.43 bits per heavy atom. The Labute approximate surface area is 135 Å². The van der Waals surface area contributed by atoms with Gasteiger partial charge >= 0.3 is 5.97 Å². The van der Waals surface area contributed by atoms with Gasteiger partial charge in [-0.3, -0.25) is 4.79 Å². The van der Waals surface area contributed by atoms with Gasteiger partial charge in [-0.25, -0.2) is 4.68 Å². The van der Waals surface area contributed by atoms with Crippen LogP contribution in [-0.4, -0.2) is 20.9 Å². The molecule has 1 N–H and O–H groups in total. The van der Waals surface area contributed by atoms with E-state index in [-0.39, 0.29) is 6.42 Å². The summed E-state index contributed by atoms with van der Waals surface area (Å²) in [6, 6.07) is 18.0. The minimum absolute atomic E-state index is 0.0967. The Hall–Kier alpha value is -2.88. The topological polar surface area (TPSA) is 55.1 Å². The summed E-state index contributed by atoms with van der Waals surface area (Å²) >= 11 is 0. The van der Waals surface area contributed by atoms with E-state index in [1.54, 1.807) is 0 Å². The van der Waals surface area contributed by atoms with Gasteiger partial charge in [-0.2, -0.15) is 5.10 Å². The van der Waals surface area contributed by atoms with Crippen molar-refractivity contribution in [2.75, 3.05) is 0 Å². The van der Waals surface area contributed by atoms with Crippen LogP contribution in [0.4, 0.5) is 0 Å². The summed E-state index contributed by atoms with van der Waals surface area (Å²) in [5.74, 6) is -0.799. The first-order valence-electron chi connectivity index (χ1n) is 7.56. The smallest absolute Gasteiger partial charge is 0.303 e. The van der Waals surface area contributed by atoms with Gasteiger partial charge in [-0.05, 0) is 31.0 Å². The average Bonchev–Trinajstić information content (AvgIpc) is 2.98. The van der Waals surface area contributed by atoms with Crippen molar-refractivity contribution in [3.8, 4) is 16.9 Å². The van der Waals surface area contributed by atoms with Gasteiger partial charge in [0.2, 0.25) is 0 Å². The predicted octanol–water partition coefficient (Wildman–Crippen LogP) is 3.86. The lowest BCUT2D eigenvalue weighted by molar-refractivity contribution is -0.136. The first-order valence-corrected chi connectivity index (χ1v) is 7.56. The fourth-order valence-electron chi connectivity index (χ4n) is 2.50. The van der Waals surface area contributed by atoms with Gasteiger partial charge in [0.05, 0.1) is 11.4 Å². The highest BCUT2D eigenvalue weighted by atomic mass is 16.4. The van der Waals surface area contributed by atoms with Crippen LogP contribution in [0.5, 0.6) is 0 Å². The van der Waals surface area contributed by atoms with E-state index in [0.29, 0.717) is 6.42 Å². The summed E-state index contributed by atoms with van der Waals surface area (Å²) in [5, 5.41) is 13.6. The molecule has 1 heterocycles. The fourth-order valence-corrected chi connectivity index (χ4v) is 2.50. The van der Waals surface area contributed by atoms with Crippen LogP contribution in [0.15, 0.2) is 60.8 Å². The normalized spacial score (nSPS) is 10.7. The van der Waals surface area contributed by atoms with Gasteiger partial charge in [0.25, 0.3) is 0 Å². The maximum absolute atomic E-state index is 10.9. The first-order chi connectivity index (χ1) is 11.1. The third-order valence-corrected chi connectivity index (χ3v) is 3.74. The third-order valence-electron chi connectivity index (χ3n) is 3.74. The zero-order valence-electron chi connectivity index (χ0n) is 12.9. The van der Waals surface area contributed by atoms with Gasteiger partial charge < -0.3 is 5.11 Å². The van der Waals surface area contributed by atoms with E-state index in [2.05, 4.69) is 5.10 Å². The molecule has 116 valence electrons. The van der Waals surface area contributed by atoms with E-state index in [1.807, 2.05) is 72.4 Å². The summed E-state index contributed by atoms with van der Waals surface area (Å²) in [6.07, 6.45) is 2.49. The SMILES string of the molecule is Cc1ccc(-n2cc(CCC(=O)O)c(-c3ccccc3)n2)cc1. The third kappa shape index (κ3) is 3.48. The van der Waals surface area contributed by atoms with E-state index in [0.717, 1.165) is 22.5 Å². The summed E-state index contributed by atoms with van der Waals surface area (Å²) in [4.78, 5) is 10.9. The molecule has 3 rings (SSSR count). The highest BCUT2D eigenvalue weighted by Crippen LogP contribution is 2.24. The molecular weight excluding hydrogens is 288 g/mol. The zero-order valence-corrected chi connectivity index (χ0v) is 12.9. The highest BCUT2D eigenvalue weighted by molar-refractivity contribution is 5.69. The molecular formula is C19H18N2O2. The maximum Gasteiger partial charge on any atom is 0.303 e. The number of aromatic nitrogens is 2. The fraction of sp³-hybridized carbons (Fsp3) is 0.158. The van der Waals surface area contributed by atoms with Gasteiger partial charge in [-0.15, -0.1) is 0 Å². The second kappa shape index (κ2) is 6.48. The molecule has 0 unspecified atom stereocenters. The van der Waals surface area contributed by atoms with Gasteiger partial charge in [0.15, 0.2) is 0 Å². The summed E-state index contributed by atoms with van der Waals surface area (Å²) in [6.45, 7) is 2.04. The van der Waals surface area contributed by atoms with Crippen LogP contribution < -0.4 is 0 Å². The Morgan fingerprint density at radius 1 is 1.09 bits per heavy atom. The number of nitrogens with zero attached hydrogens (tertiary/aromatic N) is 2. The number of carboxylic acids is 1. The monoisotopic (exact) mass is 306 g/mol. The summed E-state index contributed by atoms with van der Waals surface area (Å²) in [5.41, 5.74) is 4.94. The number of carbonyl (C=O) groups is 1. The molecule has 0 saturated carbocycles. The number of rotatable bonds is 5. The van der Waals surface area contributed by atoms with Crippen LogP contribution in [-0.2, 0) is 11.2 Å². The van der Waals surface area contributed by atoms with Crippen molar-refractivity contribution in [2.45, 2.75) is 19.8 Å². The van der Waals surface area contributed by atoms with Crippen LogP contribution >= 0.6 is 0 Å². The highest BCUT2D eigenvalue weighted by Gasteiger charge is 2.13. The Balaban J connectivity index is 2.02. The molecule has 4 heteroatoms. The minimum Gasteiger partial charge on any atom is -0.481 e. The van der Waals surface area contributed by atoms with Crippen molar-refractivity contribution >= 4 is 5.97 Å². The molecule has 0 atom stereocenters. The lowest BCUT2D eigenvalue weighted by Crippen LogP contribution is -1.97. The molecule has 23 heavy (non-hydrogen) atoms. The number of aryl methyl sites for hydroxylation is 2. The van der Waals surface area contributed by atoms with Crippen LogP contribution in [0.2, 0.25) is 0 Å². The molecule has 0 aliphatic rings. The molecule has 2 aromatic carbocycles. The predicted molar refractivity (Wildman–Crippen MR) is 89.7 cm³/mol. The molecule has 0 radical (unpaired) electrons. The van der Waals surface area contributed by atoms with E-state index in [4.69, 9.17) is 5.11 Å². The molecule has 3 aromatic rings. The van der Waals surface area contributed by atoms with E-state index in [9.17, 15) is 4.79 Å². The van der Waals surface area contributed by atoms with Gasteiger partial charge in [0.1, 0.15) is 0 Å². The maximum atomic E-state index is 10.9. The zero-order chi connectivity index (χ0) is 16.2. The largest absolute Gasteiger partial charge is 0.481 e. The average molecular weight is 306 g/mol. The summed E-state index contributed by atoms with van der Waals surface area (Å²) in [7, 11) is 0. The van der Waals surface area contributed by atoms with Crippen LogP contribution in [0.25, 0.3) is 16.9 Å². The lowest BCUT2D eigenvalue weighted by Gasteiger charge is -2.01. The van der Waals surface area contributed by atoms with Crippen LogP contribution in [0, 0.1) is 6.92 Å². The lowest BCUT2D eigenvalue weighted by atomic mass is 10.0. The van der Waals surface area contributed by atoms with Crippen molar-refractivity contribution in [1.29, 1.82) is 0 Å². The van der Waals surface area contributed by atoms with Gasteiger partial charge in [-0.1, -0.05) is 48.0 Å². The standard InChI is InChI=1S/C19H18N2O2/c1-14-7-10-17(11-8-14)21-13-16(9-12-18(22)23)19(20-21)15-5-3-2-4-6-15/h2-8,10-11,13H,9,12H2,1H3,(H,22,23).